The summed E-state index contributed by atoms with van der Waals surface area (Å²) in [6.45, 7) is 7.02. The third-order valence-corrected chi connectivity index (χ3v) is 4.43. The Morgan fingerprint density at radius 2 is 2.11 bits per heavy atom. The van der Waals surface area contributed by atoms with Crippen molar-refractivity contribution in [3.63, 3.8) is 0 Å². The Balaban J connectivity index is 2.06. The van der Waals surface area contributed by atoms with Crippen LogP contribution < -0.4 is 10.6 Å². The van der Waals surface area contributed by atoms with Crippen molar-refractivity contribution in [1.82, 2.24) is 25.5 Å². The molecule has 1 aliphatic rings. The van der Waals surface area contributed by atoms with Crippen LogP contribution in [0.1, 0.15) is 42.7 Å². The number of hydrogen-bond donors (Lipinski definition) is 2. The molecule has 0 aliphatic carbocycles. The first-order valence-corrected chi connectivity index (χ1v) is 9.20. The fourth-order valence-corrected chi connectivity index (χ4v) is 3.08. The quantitative estimate of drug-likeness (QED) is 0.619. The number of aryl methyl sites for hydroxylation is 1. The first-order chi connectivity index (χ1) is 13.0. The first-order valence-electron chi connectivity index (χ1n) is 9.20. The zero-order valence-corrected chi connectivity index (χ0v) is 16.0. The largest absolute Gasteiger partial charge is 0.381 e. The number of hydrogen-bond acceptors (Lipinski definition) is 6. The van der Waals surface area contributed by atoms with Crippen LogP contribution in [0, 0.1) is 6.92 Å². The third kappa shape index (κ3) is 5.46. The van der Waals surface area contributed by atoms with Crippen LogP contribution in [0.25, 0.3) is 0 Å². The molecule has 27 heavy (non-hydrogen) atoms. The second kappa shape index (κ2) is 9.96. The van der Waals surface area contributed by atoms with Gasteiger partial charge in [0.15, 0.2) is 0 Å². The fourth-order valence-electron chi connectivity index (χ4n) is 3.08. The average molecular weight is 377 g/mol. The van der Waals surface area contributed by atoms with Crippen molar-refractivity contribution in [2.75, 3.05) is 26.3 Å². The van der Waals surface area contributed by atoms with Gasteiger partial charge in [0.05, 0.1) is 24.3 Å². The Labute approximate surface area is 158 Å². The number of carbonyl (C=O) groups excluding carboxylic acids is 3. The van der Waals surface area contributed by atoms with Gasteiger partial charge in [0.1, 0.15) is 12.4 Å². The van der Waals surface area contributed by atoms with Crippen molar-refractivity contribution in [2.24, 2.45) is 0 Å². The Morgan fingerprint density at radius 3 is 2.78 bits per heavy atom. The molecule has 2 heterocycles. The molecule has 9 nitrogen and oxygen atoms in total. The number of likely N-dealkylation sites (N-methyl/N-ethyl adjacent to an activating group) is 1. The van der Waals surface area contributed by atoms with Gasteiger partial charge in [0.2, 0.25) is 11.8 Å². The summed E-state index contributed by atoms with van der Waals surface area (Å²) in [5, 5.41) is 5.65. The summed E-state index contributed by atoms with van der Waals surface area (Å²) in [5.41, 5.74) is 0.957. The molecule has 1 saturated heterocycles. The Morgan fingerprint density at radius 1 is 1.33 bits per heavy atom. The Hall–Kier alpha value is -2.55. The van der Waals surface area contributed by atoms with E-state index in [-0.39, 0.29) is 36.7 Å². The minimum Gasteiger partial charge on any atom is -0.381 e. The molecule has 9 heteroatoms. The SMILES string of the molecule is CCNC(=O)[C@@H]1C[C@H](NC(=O)c2cncnc2C)CN1C(=O)CCOCC. The van der Waals surface area contributed by atoms with E-state index in [0.29, 0.717) is 37.4 Å². The molecule has 1 aromatic heterocycles. The van der Waals surface area contributed by atoms with Crippen LogP contribution in [0.5, 0.6) is 0 Å². The number of ether oxygens (including phenoxy) is 1. The van der Waals surface area contributed by atoms with Crippen LogP contribution in [0.4, 0.5) is 0 Å². The molecule has 1 fully saturated rings. The third-order valence-electron chi connectivity index (χ3n) is 4.43. The van der Waals surface area contributed by atoms with E-state index in [1.807, 2.05) is 13.8 Å². The molecule has 3 amide bonds. The monoisotopic (exact) mass is 377 g/mol. The second-order valence-corrected chi connectivity index (χ2v) is 6.33. The topological polar surface area (TPSA) is 114 Å². The maximum Gasteiger partial charge on any atom is 0.254 e. The van der Waals surface area contributed by atoms with Gasteiger partial charge in [0.25, 0.3) is 5.91 Å². The summed E-state index contributed by atoms with van der Waals surface area (Å²) < 4.78 is 5.24. The predicted molar refractivity (Wildman–Crippen MR) is 97.9 cm³/mol. The van der Waals surface area contributed by atoms with E-state index in [9.17, 15) is 14.4 Å². The highest BCUT2D eigenvalue weighted by Crippen LogP contribution is 2.20. The van der Waals surface area contributed by atoms with Gasteiger partial charge in [0, 0.05) is 31.9 Å². The van der Waals surface area contributed by atoms with Gasteiger partial charge in [-0.1, -0.05) is 0 Å². The maximum atomic E-state index is 12.5. The van der Waals surface area contributed by atoms with Gasteiger partial charge in [-0.05, 0) is 27.2 Å². The van der Waals surface area contributed by atoms with Crippen molar-refractivity contribution in [3.05, 3.63) is 23.8 Å². The fraction of sp³-hybridized carbons (Fsp3) is 0.611. The molecular weight excluding hydrogens is 350 g/mol. The molecule has 0 spiro atoms. The number of likely N-dealkylation sites (tertiary alicyclic amines) is 1. The Bertz CT molecular complexity index is 681. The number of rotatable bonds is 8. The summed E-state index contributed by atoms with van der Waals surface area (Å²) >= 11 is 0. The van der Waals surface area contributed by atoms with E-state index in [4.69, 9.17) is 4.74 Å². The molecule has 0 radical (unpaired) electrons. The lowest BCUT2D eigenvalue weighted by molar-refractivity contribution is -0.139. The van der Waals surface area contributed by atoms with Crippen molar-refractivity contribution in [2.45, 2.75) is 45.7 Å². The van der Waals surface area contributed by atoms with Gasteiger partial charge >= 0.3 is 0 Å². The summed E-state index contributed by atoms with van der Waals surface area (Å²) in [5.74, 6) is -0.676. The van der Waals surface area contributed by atoms with Crippen molar-refractivity contribution >= 4 is 17.7 Å². The molecule has 0 saturated carbocycles. The van der Waals surface area contributed by atoms with Crippen LogP contribution in [0.2, 0.25) is 0 Å². The van der Waals surface area contributed by atoms with Gasteiger partial charge in [-0.2, -0.15) is 0 Å². The van der Waals surface area contributed by atoms with E-state index in [2.05, 4.69) is 20.6 Å². The van der Waals surface area contributed by atoms with Gasteiger partial charge < -0.3 is 20.3 Å². The zero-order chi connectivity index (χ0) is 19.8. The van der Waals surface area contributed by atoms with Crippen LogP contribution in [-0.2, 0) is 14.3 Å². The van der Waals surface area contributed by atoms with E-state index in [0.717, 1.165) is 0 Å². The van der Waals surface area contributed by atoms with Crippen LogP contribution in [-0.4, -0.2) is 71.0 Å². The minimum absolute atomic E-state index is 0.157. The molecule has 2 atom stereocenters. The molecule has 2 rings (SSSR count). The van der Waals surface area contributed by atoms with Crippen molar-refractivity contribution < 1.29 is 19.1 Å². The first kappa shape index (κ1) is 20.8. The summed E-state index contributed by atoms with van der Waals surface area (Å²) in [6, 6.07) is -0.918. The molecule has 2 N–H and O–H groups in total. The number of nitrogens with zero attached hydrogens (tertiary/aromatic N) is 3. The highest BCUT2D eigenvalue weighted by atomic mass is 16.5. The predicted octanol–water partition coefficient (Wildman–Crippen LogP) is 0.0470. The highest BCUT2D eigenvalue weighted by Gasteiger charge is 2.39. The molecular formula is C18H27N5O4. The molecule has 0 bridgehead atoms. The normalized spacial score (nSPS) is 19.0. The minimum atomic E-state index is -0.600. The van der Waals surface area contributed by atoms with Crippen molar-refractivity contribution in [1.29, 1.82) is 0 Å². The van der Waals surface area contributed by atoms with E-state index in [1.165, 1.54) is 17.4 Å². The number of amides is 3. The highest BCUT2D eigenvalue weighted by molar-refractivity contribution is 5.95. The molecule has 148 valence electrons. The molecule has 0 aromatic carbocycles. The Kier molecular flexibility index (Phi) is 7.66. The maximum absolute atomic E-state index is 12.5. The molecule has 1 aliphatic heterocycles. The van der Waals surface area contributed by atoms with E-state index >= 15 is 0 Å². The lowest BCUT2D eigenvalue weighted by Crippen LogP contribution is -2.46. The standard InChI is InChI=1S/C18H27N5O4/c1-4-20-18(26)15-8-13(10-23(15)16(24)6-7-27-5-2)22-17(25)14-9-19-11-21-12(14)3/h9,11,13,15H,4-8,10H2,1-3H3,(H,20,26)(H,22,25)/t13-,15-/m0/s1. The average Bonchev–Trinajstić information content (AvgIpc) is 3.06. The summed E-state index contributed by atoms with van der Waals surface area (Å²) in [4.78, 5) is 46.8. The second-order valence-electron chi connectivity index (χ2n) is 6.33. The van der Waals surface area contributed by atoms with Crippen molar-refractivity contribution in [3.8, 4) is 0 Å². The van der Waals surface area contributed by atoms with Crippen LogP contribution in [0.15, 0.2) is 12.5 Å². The molecule has 0 unspecified atom stereocenters. The zero-order valence-electron chi connectivity index (χ0n) is 16.0. The van der Waals surface area contributed by atoms with Gasteiger partial charge in [-0.25, -0.2) is 9.97 Å². The number of aromatic nitrogens is 2. The van der Waals surface area contributed by atoms with Gasteiger partial charge in [-0.15, -0.1) is 0 Å². The summed E-state index contributed by atoms with van der Waals surface area (Å²) in [7, 11) is 0. The van der Waals surface area contributed by atoms with E-state index in [1.54, 1.807) is 6.92 Å². The lowest BCUT2D eigenvalue weighted by Gasteiger charge is -2.23. The number of nitrogens with one attached hydrogen (secondary N) is 2. The van der Waals surface area contributed by atoms with Crippen LogP contribution >= 0.6 is 0 Å². The molecule has 1 aromatic rings. The number of carbonyl (C=O) groups is 3. The van der Waals surface area contributed by atoms with E-state index < -0.39 is 6.04 Å². The smallest absolute Gasteiger partial charge is 0.254 e. The summed E-state index contributed by atoms with van der Waals surface area (Å²) in [6.07, 6.45) is 3.41. The van der Waals surface area contributed by atoms with Gasteiger partial charge in [-0.3, -0.25) is 14.4 Å². The lowest BCUT2D eigenvalue weighted by atomic mass is 10.1. The van der Waals surface area contributed by atoms with Crippen LogP contribution in [0.3, 0.4) is 0 Å².